The molecule has 1 aliphatic heterocycles. The number of anilines is 1. The van der Waals surface area contributed by atoms with Crippen molar-refractivity contribution in [2.75, 3.05) is 39.7 Å². The molecule has 4 nitrogen and oxygen atoms in total. The third-order valence-corrected chi connectivity index (χ3v) is 4.12. The number of nitrogens with zero attached hydrogens (tertiary/aromatic N) is 1. The average Bonchev–Trinajstić information content (AvgIpc) is 2.49. The van der Waals surface area contributed by atoms with Crippen LogP contribution in [0.2, 0.25) is 0 Å². The number of benzene rings is 1. The average molecular weight is 278 g/mol. The lowest BCUT2D eigenvalue weighted by Crippen LogP contribution is -2.37. The van der Waals surface area contributed by atoms with Gasteiger partial charge in [-0.25, -0.2) is 0 Å². The zero-order chi connectivity index (χ0) is 14.4. The Hall–Kier alpha value is -1.42. The van der Waals surface area contributed by atoms with Crippen molar-refractivity contribution in [1.82, 2.24) is 4.90 Å². The summed E-state index contributed by atoms with van der Waals surface area (Å²) in [4.78, 5) is 2.48. The number of hydrogen-bond donors (Lipinski definition) is 1. The minimum atomic E-state index is 0.709. The van der Waals surface area contributed by atoms with Crippen LogP contribution < -0.4 is 14.8 Å². The van der Waals surface area contributed by atoms with E-state index in [-0.39, 0.29) is 0 Å². The molecule has 1 atom stereocenters. The van der Waals surface area contributed by atoms with Crippen LogP contribution in [-0.4, -0.2) is 45.3 Å². The van der Waals surface area contributed by atoms with Crippen molar-refractivity contribution >= 4 is 5.69 Å². The lowest BCUT2D eigenvalue weighted by Gasteiger charge is -2.32. The molecule has 2 rings (SSSR count). The fourth-order valence-corrected chi connectivity index (χ4v) is 2.83. The van der Waals surface area contributed by atoms with Crippen LogP contribution >= 0.6 is 0 Å². The van der Waals surface area contributed by atoms with E-state index in [1.54, 1.807) is 14.2 Å². The van der Waals surface area contributed by atoms with Crippen LogP contribution in [0.1, 0.15) is 25.7 Å². The van der Waals surface area contributed by atoms with Gasteiger partial charge in [0.25, 0.3) is 0 Å². The van der Waals surface area contributed by atoms with Crippen LogP contribution in [0.15, 0.2) is 18.2 Å². The number of methoxy groups -OCH3 is 2. The van der Waals surface area contributed by atoms with E-state index >= 15 is 0 Å². The first kappa shape index (κ1) is 15.0. The van der Waals surface area contributed by atoms with Gasteiger partial charge >= 0.3 is 0 Å². The van der Waals surface area contributed by atoms with Crippen molar-refractivity contribution in [3.05, 3.63) is 18.2 Å². The van der Waals surface area contributed by atoms with Gasteiger partial charge < -0.3 is 19.7 Å². The van der Waals surface area contributed by atoms with E-state index in [0.29, 0.717) is 6.04 Å². The van der Waals surface area contributed by atoms with E-state index in [9.17, 15) is 0 Å². The normalized spacial score (nSPS) is 19.6. The van der Waals surface area contributed by atoms with E-state index in [2.05, 4.69) is 17.3 Å². The molecule has 1 N–H and O–H groups in total. The molecule has 1 saturated heterocycles. The number of hydrogen-bond acceptors (Lipinski definition) is 4. The monoisotopic (exact) mass is 278 g/mol. The Morgan fingerprint density at radius 2 is 2.10 bits per heavy atom. The highest BCUT2D eigenvalue weighted by atomic mass is 16.5. The first-order valence-corrected chi connectivity index (χ1v) is 7.40. The van der Waals surface area contributed by atoms with E-state index in [4.69, 9.17) is 9.47 Å². The maximum absolute atomic E-state index is 5.40. The van der Waals surface area contributed by atoms with Crippen molar-refractivity contribution in [3.8, 4) is 11.5 Å². The summed E-state index contributed by atoms with van der Waals surface area (Å²) in [5, 5.41) is 3.48. The lowest BCUT2D eigenvalue weighted by atomic mass is 10.0. The molecule has 20 heavy (non-hydrogen) atoms. The standard InChI is InChI=1S/C16H26N2O2/c1-18-11-5-4-6-13(18)9-10-17-15-8-7-14(19-2)12-16(15)20-3/h7-8,12-13,17H,4-6,9-11H2,1-3H3. The van der Waals surface area contributed by atoms with Crippen molar-refractivity contribution in [3.63, 3.8) is 0 Å². The summed E-state index contributed by atoms with van der Waals surface area (Å²) >= 11 is 0. The predicted molar refractivity (Wildman–Crippen MR) is 82.9 cm³/mol. The summed E-state index contributed by atoms with van der Waals surface area (Å²) in [5.74, 6) is 1.65. The quantitative estimate of drug-likeness (QED) is 0.867. The summed E-state index contributed by atoms with van der Waals surface area (Å²) in [5.41, 5.74) is 1.03. The van der Waals surface area contributed by atoms with Gasteiger partial charge in [0.1, 0.15) is 11.5 Å². The summed E-state index contributed by atoms with van der Waals surface area (Å²) in [6, 6.07) is 6.59. The van der Waals surface area contributed by atoms with Crippen LogP contribution in [0, 0.1) is 0 Å². The third kappa shape index (κ3) is 3.79. The number of nitrogens with one attached hydrogen (secondary N) is 1. The molecule has 0 spiro atoms. The fourth-order valence-electron chi connectivity index (χ4n) is 2.83. The molecule has 1 aromatic carbocycles. The Bertz CT molecular complexity index is 423. The molecule has 1 aromatic rings. The molecule has 0 saturated carbocycles. The largest absolute Gasteiger partial charge is 0.497 e. The van der Waals surface area contributed by atoms with E-state index in [1.165, 1.54) is 32.2 Å². The molecule has 0 aliphatic carbocycles. The summed E-state index contributed by atoms with van der Waals surface area (Å²) < 4.78 is 10.6. The molecule has 1 heterocycles. The second-order valence-corrected chi connectivity index (χ2v) is 5.41. The van der Waals surface area contributed by atoms with Crippen molar-refractivity contribution in [2.24, 2.45) is 0 Å². The van der Waals surface area contributed by atoms with Crippen molar-refractivity contribution in [2.45, 2.75) is 31.7 Å². The van der Waals surface area contributed by atoms with Gasteiger partial charge in [-0.05, 0) is 45.0 Å². The Morgan fingerprint density at radius 3 is 2.80 bits per heavy atom. The van der Waals surface area contributed by atoms with Gasteiger partial charge in [-0.2, -0.15) is 0 Å². The fraction of sp³-hybridized carbons (Fsp3) is 0.625. The Morgan fingerprint density at radius 1 is 1.25 bits per heavy atom. The molecule has 1 unspecified atom stereocenters. The minimum Gasteiger partial charge on any atom is -0.497 e. The maximum Gasteiger partial charge on any atom is 0.145 e. The molecule has 0 radical (unpaired) electrons. The summed E-state index contributed by atoms with van der Waals surface area (Å²) in [6.45, 7) is 2.20. The smallest absolute Gasteiger partial charge is 0.145 e. The van der Waals surface area contributed by atoms with Crippen molar-refractivity contribution in [1.29, 1.82) is 0 Å². The van der Waals surface area contributed by atoms with E-state index in [1.807, 2.05) is 18.2 Å². The van der Waals surface area contributed by atoms with Gasteiger partial charge in [0, 0.05) is 18.7 Å². The zero-order valence-corrected chi connectivity index (χ0v) is 12.8. The van der Waals surface area contributed by atoms with Crippen LogP contribution in [0.5, 0.6) is 11.5 Å². The topological polar surface area (TPSA) is 33.7 Å². The van der Waals surface area contributed by atoms with E-state index < -0.39 is 0 Å². The third-order valence-electron chi connectivity index (χ3n) is 4.12. The first-order chi connectivity index (χ1) is 9.74. The highest BCUT2D eigenvalue weighted by Gasteiger charge is 2.18. The number of piperidine rings is 1. The second kappa shape index (κ2) is 7.39. The Balaban J connectivity index is 1.87. The molecular weight excluding hydrogens is 252 g/mol. The number of rotatable bonds is 6. The highest BCUT2D eigenvalue weighted by Crippen LogP contribution is 2.29. The van der Waals surface area contributed by atoms with E-state index in [0.717, 1.165) is 23.7 Å². The minimum absolute atomic E-state index is 0.709. The van der Waals surface area contributed by atoms with Crippen LogP contribution in [0.3, 0.4) is 0 Å². The molecule has 112 valence electrons. The molecule has 0 bridgehead atoms. The molecule has 0 amide bonds. The van der Waals surface area contributed by atoms with Gasteiger partial charge in [0.15, 0.2) is 0 Å². The van der Waals surface area contributed by atoms with Gasteiger partial charge in [0.05, 0.1) is 19.9 Å². The van der Waals surface area contributed by atoms with Gasteiger partial charge in [0.2, 0.25) is 0 Å². The summed E-state index contributed by atoms with van der Waals surface area (Å²) in [7, 11) is 5.59. The number of ether oxygens (including phenoxy) is 2. The molecular formula is C16H26N2O2. The number of likely N-dealkylation sites (tertiary alicyclic amines) is 1. The zero-order valence-electron chi connectivity index (χ0n) is 12.8. The maximum atomic E-state index is 5.40. The van der Waals surface area contributed by atoms with Gasteiger partial charge in [-0.3, -0.25) is 0 Å². The molecule has 4 heteroatoms. The van der Waals surface area contributed by atoms with Crippen LogP contribution in [0.4, 0.5) is 5.69 Å². The highest BCUT2D eigenvalue weighted by molar-refractivity contribution is 5.59. The molecule has 1 aliphatic rings. The first-order valence-electron chi connectivity index (χ1n) is 7.40. The second-order valence-electron chi connectivity index (χ2n) is 5.41. The summed E-state index contributed by atoms with van der Waals surface area (Å²) in [6.07, 6.45) is 5.19. The Labute approximate surface area is 122 Å². The van der Waals surface area contributed by atoms with Crippen molar-refractivity contribution < 1.29 is 9.47 Å². The molecule has 0 aromatic heterocycles. The van der Waals surface area contributed by atoms with Crippen LogP contribution in [0.25, 0.3) is 0 Å². The van der Waals surface area contributed by atoms with Gasteiger partial charge in [-0.1, -0.05) is 6.42 Å². The van der Waals surface area contributed by atoms with Crippen LogP contribution in [-0.2, 0) is 0 Å². The SMILES string of the molecule is COc1ccc(NCCC2CCCCN2C)c(OC)c1. The van der Waals surface area contributed by atoms with Gasteiger partial charge in [-0.15, -0.1) is 0 Å². The Kier molecular flexibility index (Phi) is 5.53. The molecule has 1 fully saturated rings. The predicted octanol–water partition coefficient (Wildman–Crippen LogP) is 2.99. The lowest BCUT2D eigenvalue weighted by molar-refractivity contribution is 0.179.